The van der Waals surface area contributed by atoms with Crippen molar-refractivity contribution >= 4 is 12.0 Å². The average Bonchev–Trinajstić information content (AvgIpc) is 3.47. The smallest absolute Gasteiger partial charge is 0.276 e. The molecule has 7 heteroatoms. The highest BCUT2D eigenvalue weighted by Gasteiger charge is 2.24. The molecule has 1 amide bonds. The third-order valence-electron chi connectivity index (χ3n) is 5.99. The lowest BCUT2D eigenvalue weighted by molar-refractivity contribution is 0.0787. The maximum absolute atomic E-state index is 12.5. The van der Waals surface area contributed by atoms with Crippen LogP contribution in [0.25, 0.3) is 6.08 Å². The van der Waals surface area contributed by atoms with Crippen LogP contribution in [0.3, 0.4) is 0 Å². The number of piperidine rings is 1. The third kappa shape index (κ3) is 5.27. The largest absolute Gasteiger partial charge is 0.497 e. The Labute approximate surface area is 178 Å². The van der Waals surface area contributed by atoms with Gasteiger partial charge in [0, 0.05) is 32.7 Å². The van der Waals surface area contributed by atoms with Gasteiger partial charge in [0.15, 0.2) is 5.69 Å². The number of hydrogen-bond acceptors (Lipinski definition) is 5. The molecule has 2 aliphatic rings. The SMILES string of the molecule is COc1ccc(/C=C/CN2CCC[C@H](Cn3cc(C(=O)N4CCCC4)nn3)C2)cc1. The van der Waals surface area contributed by atoms with Crippen molar-refractivity contribution in [3.05, 3.63) is 47.8 Å². The molecule has 0 radical (unpaired) electrons. The topological polar surface area (TPSA) is 63.5 Å². The van der Waals surface area contributed by atoms with Crippen molar-refractivity contribution in [3.8, 4) is 5.75 Å². The Morgan fingerprint density at radius 1 is 1.17 bits per heavy atom. The van der Waals surface area contributed by atoms with Gasteiger partial charge in [-0.2, -0.15) is 0 Å². The van der Waals surface area contributed by atoms with Crippen LogP contribution in [0.1, 0.15) is 41.7 Å². The summed E-state index contributed by atoms with van der Waals surface area (Å²) < 4.78 is 7.06. The Bertz CT molecular complexity index is 855. The minimum absolute atomic E-state index is 0.0210. The Kier molecular flexibility index (Phi) is 6.79. The predicted octanol–water partition coefficient (Wildman–Crippen LogP) is 2.95. The van der Waals surface area contributed by atoms with E-state index in [1.807, 2.05) is 27.9 Å². The highest BCUT2D eigenvalue weighted by atomic mass is 16.5. The fourth-order valence-electron chi connectivity index (χ4n) is 4.35. The molecule has 2 saturated heterocycles. The zero-order valence-corrected chi connectivity index (χ0v) is 17.7. The van der Waals surface area contributed by atoms with Crippen LogP contribution < -0.4 is 4.74 Å². The number of ether oxygens (including phenoxy) is 1. The van der Waals surface area contributed by atoms with Crippen molar-refractivity contribution < 1.29 is 9.53 Å². The molecule has 160 valence electrons. The summed E-state index contributed by atoms with van der Waals surface area (Å²) in [5.74, 6) is 1.43. The predicted molar refractivity (Wildman–Crippen MR) is 116 cm³/mol. The Balaban J connectivity index is 1.26. The average molecular weight is 410 g/mol. The molecule has 2 aromatic rings. The first-order valence-corrected chi connectivity index (χ1v) is 10.9. The van der Waals surface area contributed by atoms with E-state index in [0.717, 1.165) is 57.9 Å². The summed E-state index contributed by atoms with van der Waals surface area (Å²) in [7, 11) is 1.68. The van der Waals surface area contributed by atoms with Crippen molar-refractivity contribution in [3.63, 3.8) is 0 Å². The van der Waals surface area contributed by atoms with Crippen LogP contribution >= 0.6 is 0 Å². The fraction of sp³-hybridized carbons (Fsp3) is 0.522. The lowest BCUT2D eigenvalue weighted by Crippen LogP contribution is -2.37. The number of nitrogens with zero attached hydrogens (tertiary/aromatic N) is 5. The number of carbonyl (C=O) groups is 1. The number of hydrogen-bond donors (Lipinski definition) is 0. The molecule has 2 aliphatic heterocycles. The second-order valence-corrected chi connectivity index (χ2v) is 8.27. The molecule has 1 atom stereocenters. The Hall–Kier alpha value is -2.67. The van der Waals surface area contributed by atoms with Gasteiger partial charge in [0.05, 0.1) is 13.3 Å². The molecule has 1 aromatic carbocycles. The van der Waals surface area contributed by atoms with Gasteiger partial charge in [-0.15, -0.1) is 5.10 Å². The first-order valence-electron chi connectivity index (χ1n) is 10.9. The molecule has 0 spiro atoms. The van der Waals surface area contributed by atoms with Crippen molar-refractivity contribution in [1.29, 1.82) is 0 Å². The van der Waals surface area contributed by atoms with E-state index in [9.17, 15) is 4.79 Å². The molecule has 7 nitrogen and oxygen atoms in total. The molecule has 0 unspecified atom stereocenters. The van der Waals surface area contributed by atoms with E-state index < -0.39 is 0 Å². The number of methoxy groups -OCH3 is 1. The summed E-state index contributed by atoms with van der Waals surface area (Å²) in [6, 6.07) is 8.11. The van der Waals surface area contributed by atoms with E-state index in [1.165, 1.54) is 18.4 Å². The zero-order valence-electron chi connectivity index (χ0n) is 17.7. The van der Waals surface area contributed by atoms with E-state index >= 15 is 0 Å². The zero-order chi connectivity index (χ0) is 20.8. The number of benzene rings is 1. The van der Waals surface area contributed by atoms with Gasteiger partial charge in [-0.25, -0.2) is 0 Å². The standard InChI is InChI=1S/C23H31N5O2/c1-30-21-10-8-19(9-11-21)6-4-12-26-13-5-7-20(16-26)17-28-18-22(24-25-28)23(29)27-14-2-3-15-27/h4,6,8-11,18,20H,2-3,5,7,12-17H2,1H3/b6-4+/t20-/m0/s1. The van der Waals surface area contributed by atoms with Gasteiger partial charge < -0.3 is 9.64 Å². The van der Waals surface area contributed by atoms with Crippen LogP contribution in [0.15, 0.2) is 36.5 Å². The minimum Gasteiger partial charge on any atom is -0.497 e. The molecule has 0 bridgehead atoms. The number of aromatic nitrogens is 3. The Morgan fingerprint density at radius 2 is 1.97 bits per heavy atom. The maximum atomic E-state index is 12.5. The highest BCUT2D eigenvalue weighted by Crippen LogP contribution is 2.19. The van der Waals surface area contributed by atoms with E-state index in [4.69, 9.17) is 4.74 Å². The molecular weight excluding hydrogens is 378 g/mol. The van der Waals surface area contributed by atoms with Crippen molar-refractivity contribution in [1.82, 2.24) is 24.8 Å². The first-order chi connectivity index (χ1) is 14.7. The van der Waals surface area contributed by atoms with Crippen molar-refractivity contribution in [2.45, 2.75) is 32.2 Å². The normalized spacial score (nSPS) is 20.2. The molecule has 0 saturated carbocycles. The van der Waals surface area contributed by atoms with Gasteiger partial charge in [-0.3, -0.25) is 14.4 Å². The number of likely N-dealkylation sites (tertiary alicyclic amines) is 2. The number of rotatable bonds is 7. The van der Waals surface area contributed by atoms with E-state index in [2.05, 4.69) is 39.5 Å². The van der Waals surface area contributed by atoms with Crippen molar-refractivity contribution in [2.24, 2.45) is 5.92 Å². The first kappa shape index (κ1) is 20.6. The monoisotopic (exact) mass is 409 g/mol. The number of amides is 1. The van der Waals surface area contributed by atoms with Gasteiger partial charge >= 0.3 is 0 Å². The molecule has 0 N–H and O–H groups in total. The van der Waals surface area contributed by atoms with Crippen LogP contribution in [0, 0.1) is 5.92 Å². The quantitative estimate of drug-likeness (QED) is 0.704. The minimum atomic E-state index is 0.0210. The van der Waals surface area contributed by atoms with Crippen LogP contribution in [-0.4, -0.2) is 70.5 Å². The summed E-state index contributed by atoms with van der Waals surface area (Å²) in [5, 5.41) is 8.35. The summed E-state index contributed by atoms with van der Waals surface area (Å²) in [4.78, 5) is 16.8. The molecule has 3 heterocycles. The third-order valence-corrected chi connectivity index (χ3v) is 5.99. The summed E-state index contributed by atoms with van der Waals surface area (Å²) in [6.45, 7) is 5.61. The second kappa shape index (κ2) is 9.89. The summed E-state index contributed by atoms with van der Waals surface area (Å²) >= 11 is 0. The molecule has 4 rings (SSSR count). The number of carbonyl (C=O) groups excluding carboxylic acids is 1. The van der Waals surface area contributed by atoms with E-state index in [1.54, 1.807) is 7.11 Å². The molecule has 1 aromatic heterocycles. The van der Waals surface area contributed by atoms with E-state index in [-0.39, 0.29) is 5.91 Å². The lowest BCUT2D eigenvalue weighted by Gasteiger charge is -2.31. The van der Waals surface area contributed by atoms with Gasteiger partial charge in [-0.05, 0) is 55.8 Å². The van der Waals surface area contributed by atoms with Crippen LogP contribution in [0.5, 0.6) is 5.75 Å². The molecule has 0 aliphatic carbocycles. The maximum Gasteiger partial charge on any atom is 0.276 e. The van der Waals surface area contributed by atoms with Gasteiger partial charge in [0.1, 0.15) is 5.75 Å². The van der Waals surface area contributed by atoms with E-state index in [0.29, 0.717) is 11.6 Å². The molecular formula is C23H31N5O2. The molecule has 2 fully saturated rings. The van der Waals surface area contributed by atoms with Crippen molar-refractivity contribution in [2.75, 3.05) is 39.8 Å². The fourth-order valence-corrected chi connectivity index (χ4v) is 4.35. The molecule has 30 heavy (non-hydrogen) atoms. The summed E-state index contributed by atoms with van der Waals surface area (Å²) in [5.41, 5.74) is 1.66. The lowest BCUT2D eigenvalue weighted by atomic mass is 9.98. The van der Waals surface area contributed by atoms with Crippen LogP contribution in [0.4, 0.5) is 0 Å². The van der Waals surface area contributed by atoms with Crippen LogP contribution in [0.2, 0.25) is 0 Å². The second-order valence-electron chi connectivity index (χ2n) is 8.27. The van der Waals surface area contributed by atoms with Gasteiger partial charge in [0.25, 0.3) is 5.91 Å². The van der Waals surface area contributed by atoms with Crippen LogP contribution in [-0.2, 0) is 6.54 Å². The van der Waals surface area contributed by atoms with Gasteiger partial charge in [-0.1, -0.05) is 29.5 Å². The highest BCUT2D eigenvalue weighted by molar-refractivity contribution is 5.92. The summed E-state index contributed by atoms with van der Waals surface area (Å²) in [6.07, 6.45) is 10.8. The van der Waals surface area contributed by atoms with Gasteiger partial charge in [0.2, 0.25) is 0 Å². The Morgan fingerprint density at radius 3 is 2.73 bits per heavy atom.